The molecule has 0 saturated carbocycles. The Morgan fingerprint density at radius 3 is 2.65 bits per heavy atom. The summed E-state index contributed by atoms with van der Waals surface area (Å²) >= 11 is 1.49. The maximum atomic E-state index is 5.31. The Balaban J connectivity index is 1.48. The van der Waals surface area contributed by atoms with Gasteiger partial charge in [0.15, 0.2) is 22.6 Å². The molecule has 4 heterocycles. The third kappa shape index (κ3) is 3.87. The van der Waals surface area contributed by atoms with E-state index in [1.165, 1.54) is 22.9 Å². The fourth-order valence-corrected chi connectivity index (χ4v) is 3.89. The van der Waals surface area contributed by atoms with Crippen molar-refractivity contribution in [2.45, 2.75) is 24.8 Å². The van der Waals surface area contributed by atoms with Crippen molar-refractivity contribution in [1.29, 1.82) is 0 Å². The molecule has 0 amide bonds. The quantitative estimate of drug-likeness (QED) is 0.352. The van der Waals surface area contributed by atoms with Crippen LogP contribution in [0.5, 0.6) is 0 Å². The molecule has 0 N–H and O–H groups in total. The van der Waals surface area contributed by atoms with Crippen LogP contribution in [-0.2, 0) is 5.75 Å². The average Bonchev–Trinajstić information content (AvgIpc) is 3.55. The largest absolute Gasteiger partial charge is 0.459 e. The minimum atomic E-state index is 0.355. The number of thioether (sulfide) groups is 1. The van der Waals surface area contributed by atoms with E-state index < -0.39 is 0 Å². The van der Waals surface area contributed by atoms with E-state index in [2.05, 4.69) is 57.4 Å². The van der Waals surface area contributed by atoms with E-state index in [1.54, 1.807) is 30.8 Å². The molecule has 9 heteroatoms. The first kappa shape index (κ1) is 19.3. The number of pyridine rings is 1. The first-order chi connectivity index (χ1) is 15.2. The molecule has 8 nitrogen and oxygen atoms in total. The molecule has 0 aliphatic carbocycles. The van der Waals surface area contributed by atoms with Gasteiger partial charge in [-0.25, -0.2) is 0 Å². The molecule has 4 aromatic heterocycles. The molecule has 0 fully saturated rings. The summed E-state index contributed by atoms with van der Waals surface area (Å²) in [4.78, 5) is 8.51. The summed E-state index contributed by atoms with van der Waals surface area (Å²) in [6.07, 6.45) is 5.06. The van der Waals surface area contributed by atoms with Gasteiger partial charge in [0, 0.05) is 18.0 Å². The van der Waals surface area contributed by atoms with Crippen LogP contribution in [0, 0.1) is 13.8 Å². The summed E-state index contributed by atoms with van der Waals surface area (Å²) in [7, 11) is 0. The average molecular weight is 430 g/mol. The molecule has 0 aliphatic heterocycles. The van der Waals surface area contributed by atoms with Crippen molar-refractivity contribution in [3.8, 4) is 28.7 Å². The fourth-order valence-electron chi connectivity index (χ4n) is 3.09. The zero-order valence-electron chi connectivity index (χ0n) is 16.9. The molecule has 31 heavy (non-hydrogen) atoms. The number of rotatable bonds is 6. The van der Waals surface area contributed by atoms with Gasteiger partial charge in [0.2, 0.25) is 0 Å². The molecule has 0 saturated heterocycles. The van der Waals surface area contributed by atoms with Crippen molar-refractivity contribution in [1.82, 2.24) is 29.9 Å². The summed E-state index contributed by atoms with van der Waals surface area (Å²) in [5.74, 6) is 2.67. The van der Waals surface area contributed by atoms with Crippen molar-refractivity contribution in [2.75, 3.05) is 0 Å². The lowest BCUT2D eigenvalue weighted by Crippen LogP contribution is -2.01. The van der Waals surface area contributed by atoms with Crippen LogP contribution >= 0.6 is 11.8 Å². The number of aryl methyl sites for hydroxylation is 2. The Hall–Kier alpha value is -3.72. The van der Waals surface area contributed by atoms with Gasteiger partial charge in [-0.2, -0.15) is 4.98 Å². The normalized spacial score (nSPS) is 11.2. The van der Waals surface area contributed by atoms with Gasteiger partial charge in [0.05, 0.1) is 17.7 Å². The number of nitrogens with zero attached hydrogens (tertiary/aromatic N) is 6. The maximum absolute atomic E-state index is 5.31. The topological polar surface area (TPSA) is 95.7 Å². The van der Waals surface area contributed by atoms with Crippen molar-refractivity contribution in [2.24, 2.45) is 0 Å². The lowest BCUT2D eigenvalue weighted by molar-refractivity contribution is 0.411. The van der Waals surface area contributed by atoms with E-state index in [9.17, 15) is 0 Å². The Morgan fingerprint density at radius 2 is 1.87 bits per heavy atom. The summed E-state index contributed by atoms with van der Waals surface area (Å²) in [6, 6.07) is 13.7. The van der Waals surface area contributed by atoms with Crippen molar-refractivity contribution in [3.63, 3.8) is 0 Å². The van der Waals surface area contributed by atoms with Gasteiger partial charge in [-0.05, 0) is 61.4 Å². The van der Waals surface area contributed by atoms with E-state index >= 15 is 0 Å². The minimum absolute atomic E-state index is 0.355. The van der Waals surface area contributed by atoms with Gasteiger partial charge in [0.1, 0.15) is 0 Å². The highest BCUT2D eigenvalue weighted by molar-refractivity contribution is 7.98. The Morgan fingerprint density at radius 1 is 1.00 bits per heavy atom. The van der Waals surface area contributed by atoms with Crippen LogP contribution in [0.1, 0.15) is 17.0 Å². The third-order valence-electron chi connectivity index (χ3n) is 4.85. The Labute approximate surface area is 182 Å². The predicted octanol–water partition coefficient (Wildman–Crippen LogP) is 4.88. The summed E-state index contributed by atoms with van der Waals surface area (Å²) in [5.41, 5.74) is 4.36. The molecule has 0 aliphatic rings. The van der Waals surface area contributed by atoms with Crippen LogP contribution in [0.4, 0.5) is 0 Å². The standard InChI is InChI=1S/C22H18N6O2S/c1-14-5-6-17(12-15(14)2)28-20(16-7-9-23-10-8-16)25-26-22(28)31-13-19-24-21(30-27-19)18-4-3-11-29-18/h3-12H,13H2,1-2H3. The molecule has 0 radical (unpaired) electrons. The number of hydrogen-bond acceptors (Lipinski definition) is 8. The number of hydrogen-bond donors (Lipinski definition) is 0. The molecule has 0 unspecified atom stereocenters. The molecular weight excluding hydrogens is 412 g/mol. The van der Waals surface area contributed by atoms with Crippen molar-refractivity contribution in [3.05, 3.63) is 78.1 Å². The second kappa shape index (κ2) is 8.19. The van der Waals surface area contributed by atoms with Crippen LogP contribution in [0.15, 0.2) is 75.2 Å². The Bertz CT molecular complexity index is 1310. The second-order valence-corrected chi connectivity index (χ2v) is 7.87. The molecule has 0 spiro atoms. The number of aromatic nitrogens is 6. The first-order valence-electron chi connectivity index (χ1n) is 9.62. The maximum Gasteiger partial charge on any atom is 0.293 e. The van der Waals surface area contributed by atoms with E-state index in [0.29, 0.717) is 23.2 Å². The van der Waals surface area contributed by atoms with Crippen LogP contribution in [0.25, 0.3) is 28.7 Å². The van der Waals surface area contributed by atoms with Crippen molar-refractivity contribution >= 4 is 11.8 Å². The van der Waals surface area contributed by atoms with Gasteiger partial charge in [0.25, 0.3) is 5.89 Å². The zero-order valence-corrected chi connectivity index (χ0v) is 17.7. The molecular formula is C22H18N6O2S. The predicted molar refractivity (Wildman–Crippen MR) is 116 cm³/mol. The molecule has 5 rings (SSSR count). The molecule has 5 aromatic rings. The zero-order chi connectivity index (χ0) is 21.2. The second-order valence-electron chi connectivity index (χ2n) is 6.93. The van der Waals surface area contributed by atoms with Crippen molar-refractivity contribution < 1.29 is 8.94 Å². The summed E-state index contributed by atoms with van der Waals surface area (Å²) in [6.45, 7) is 4.19. The smallest absolute Gasteiger partial charge is 0.293 e. The van der Waals surface area contributed by atoms with Gasteiger partial charge >= 0.3 is 0 Å². The van der Waals surface area contributed by atoms with Gasteiger partial charge in [-0.15, -0.1) is 10.2 Å². The minimum Gasteiger partial charge on any atom is -0.459 e. The lowest BCUT2D eigenvalue weighted by atomic mass is 10.1. The third-order valence-corrected chi connectivity index (χ3v) is 5.78. The first-order valence-corrected chi connectivity index (χ1v) is 10.6. The van der Waals surface area contributed by atoms with Crippen LogP contribution in [0.2, 0.25) is 0 Å². The summed E-state index contributed by atoms with van der Waals surface area (Å²) in [5, 5.41) is 13.7. The van der Waals surface area contributed by atoms with Crippen LogP contribution < -0.4 is 0 Å². The van der Waals surface area contributed by atoms with Gasteiger partial charge < -0.3 is 8.94 Å². The SMILES string of the molecule is Cc1ccc(-n2c(SCc3noc(-c4ccco4)n3)nnc2-c2ccncc2)cc1C. The number of benzene rings is 1. The van der Waals surface area contributed by atoms with E-state index in [1.807, 2.05) is 16.7 Å². The van der Waals surface area contributed by atoms with Gasteiger partial charge in [-0.1, -0.05) is 23.0 Å². The van der Waals surface area contributed by atoms with Gasteiger partial charge in [-0.3, -0.25) is 9.55 Å². The highest BCUT2D eigenvalue weighted by Crippen LogP contribution is 2.30. The highest BCUT2D eigenvalue weighted by Gasteiger charge is 2.18. The summed E-state index contributed by atoms with van der Waals surface area (Å²) < 4.78 is 12.7. The molecule has 1 aromatic carbocycles. The lowest BCUT2D eigenvalue weighted by Gasteiger charge is -2.11. The van der Waals surface area contributed by atoms with Crippen LogP contribution in [-0.4, -0.2) is 29.9 Å². The van der Waals surface area contributed by atoms with E-state index in [4.69, 9.17) is 8.94 Å². The molecule has 154 valence electrons. The molecule has 0 bridgehead atoms. The monoisotopic (exact) mass is 430 g/mol. The fraction of sp³-hybridized carbons (Fsp3) is 0.136. The molecule has 0 atom stereocenters. The number of furan rings is 1. The Kier molecular flexibility index (Phi) is 5.09. The highest BCUT2D eigenvalue weighted by atomic mass is 32.2. The van der Waals surface area contributed by atoms with E-state index in [-0.39, 0.29) is 0 Å². The van der Waals surface area contributed by atoms with E-state index in [0.717, 1.165) is 22.2 Å². The van der Waals surface area contributed by atoms with Crippen LogP contribution in [0.3, 0.4) is 0 Å².